The third-order valence-corrected chi connectivity index (χ3v) is 3.92. The van der Waals surface area contributed by atoms with Crippen molar-refractivity contribution in [3.8, 4) is 0 Å². The maximum Gasteiger partial charge on any atom is 0.251 e. The molecular weight excluding hydrogens is 286 g/mol. The third kappa shape index (κ3) is 4.49. The van der Waals surface area contributed by atoms with Crippen LogP contribution in [0.15, 0.2) is 42.5 Å². The molecule has 0 aromatic heterocycles. The summed E-state index contributed by atoms with van der Waals surface area (Å²) in [6, 6.07) is 13.8. The number of nitrogen functional groups attached to an aromatic ring is 1. The predicted octanol–water partition coefficient (Wildman–Crippen LogP) is 3.14. The Bertz CT molecular complexity index is 682. The van der Waals surface area contributed by atoms with E-state index in [0.29, 0.717) is 17.8 Å². The minimum absolute atomic E-state index is 0.0740. The van der Waals surface area contributed by atoms with Gasteiger partial charge >= 0.3 is 0 Å². The second-order valence-corrected chi connectivity index (χ2v) is 5.75. The lowest BCUT2D eigenvalue weighted by molar-refractivity contribution is 0.0954. The number of carbonyl (C=O) groups is 1. The summed E-state index contributed by atoms with van der Waals surface area (Å²) in [4.78, 5) is 14.5. The minimum atomic E-state index is -0.0740. The Morgan fingerprint density at radius 1 is 1.17 bits per heavy atom. The first-order valence-corrected chi connectivity index (χ1v) is 7.97. The Morgan fingerprint density at radius 3 is 2.65 bits per heavy atom. The molecule has 3 N–H and O–H groups in total. The smallest absolute Gasteiger partial charge is 0.251 e. The molecule has 23 heavy (non-hydrogen) atoms. The first-order valence-electron chi connectivity index (χ1n) is 7.97. The Labute approximate surface area is 138 Å². The van der Waals surface area contributed by atoms with Crippen LogP contribution in [0.4, 0.5) is 11.4 Å². The topological polar surface area (TPSA) is 58.4 Å². The van der Waals surface area contributed by atoms with Crippen LogP contribution in [-0.4, -0.2) is 25.5 Å². The zero-order valence-corrected chi connectivity index (χ0v) is 14.1. The van der Waals surface area contributed by atoms with Gasteiger partial charge in [-0.15, -0.1) is 0 Å². The van der Waals surface area contributed by atoms with Gasteiger partial charge in [-0.25, -0.2) is 0 Å². The molecule has 0 unspecified atom stereocenters. The average molecular weight is 311 g/mol. The van der Waals surface area contributed by atoms with Gasteiger partial charge in [0.1, 0.15) is 0 Å². The third-order valence-electron chi connectivity index (χ3n) is 3.92. The Morgan fingerprint density at radius 2 is 1.96 bits per heavy atom. The number of rotatable bonds is 6. The minimum Gasteiger partial charge on any atom is -0.399 e. The van der Waals surface area contributed by atoms with E-state index in [1.807, 2.05) is 19.1 Å². The van der Waals surface area contributed by atoms with E-state index in [9.17, 15) is 4.79 Å². The number of nitrogens with two attached hydrogens (primary N) is 1. The quantitative estimate of drug-likeness (QED) is 0.806. The van der Waals surface area contributed by atoms with Crippen LogP contribution in [0.25, 0.3) is 0 Å². The molecule has 2 aromatic carbocycles. The van der Waals surface area contributed by atoms with Crippen molar-refractivity contribution in [2.24, 2.45) is 0 Å². The summed E-state index contributed by atoms with van der Waals surface area (Å²) >= 11 is 0. The summed E-state index contributed by atoms with van der Waals surface area (Å²) in [7, 11) is 0. The van der Waals surface area contributed by atoms with Crippen molar-refractivity contribution in [2.75, 3.05) is 30.3 Å². The summed E-state index contributed by atoms with van der Waals surface area (Å²) in [5.74, 6) is -0.0740. The standard InChI is InChI=1S/C19H25N3O/c1-4-22(17-7-5-6-14(2)12-17)11-10-21-19(23)18-13-16(20)9-8-15(18)3/h5-9,12-13H,4,10-11,20H2,1-3H3,(H,21,23). The number of nitrogens with zero attached hydrogens (tertiary/aromatic N) is 1. The zero-order valence-electron chi connectivity index (χ0n) is 14.1. The van der Waals surface area contributed by atoms with Gasteiger partial charge in [0.25, 0.3) is 5.91 Å². The van der Waals surface area contributed by atoms with Gasteiger partial charge in [0.2, 0.25) is 0 Å². The molecule has 0 heterocycles. The van der Waals surface area contributed by atoms with Gasteiger partial charge in [0.05, 0.1) is 0 Å². The molecule has 1 amide bonds. The number of likely N-dealkylation sites (N-methyl/N-ethyl adjacent to an activating group) is 1. The number of amides is 1. The van der Waals surface area contributed by atoms with E-state index >= 15 is 0 Å². The SMILES string of the molecule is CCN(CCNC(=O)c1cc(N)ccc1C)c1cccc(C)c1. The lowest BCUT2D eigenvalue weighted by Gasteiger charge is -2.23. The lowest BCUT2D eigenvalue weighted by Crippen LogP contribution is -2.35. The highest BCUT2D eigenvalue weighted by Crippen LogP contribution is 2.15. The van der Waals surface area contributed by atoms with Crippen LogP contribution in [0.2, 0.25) is 0 Å². The average Bonchev–Trinajstić information content (AvgIpc) is 2.53. The van der Waals surface area contributed by atoms with Crippen LogP contribution >= 0.6 is 0 Å². The molecule has 0 saturated carbocycles. The molecule has 0 aliphatic carbocycles. The van der Waals surface area contributed by atoms with E-state index in [1.54, 1.807) is 6.07 Å². The summed E-state index contributed by atoms with van der Waals surface area (Å²) < 4.78 is 0. The second kappa shape index (κ2) is 7.68. The highest BCUT2D eigenvalue weighted by Gasteiger charge is 2.10. The van der Waals surface area contributed by atoms with Crippen molar-refractivity contribution in [2.45, 2.75) is 20.8 Å². The fraction of sp³-hybridized carbons (Fsp3) is 0.316. The van der Waals surface area contributed by atoms with E-state index < -0.39 is 0 Å². The zero-order chi connectivity index (χ0) is 16.8. The normalized spacial score (nSPS) is 10.4. The molecule has 0 saturated heterocycles. The Hall–Kier alpha value is -2.49. The van der Waals surface area contributed by atoms with Crippen molar-refractivity contribution in [3.05, 3.63) is 59.2 Å². The molecule has 0 fully saturated rings. The highest BCUT2D eigenvalue weighted by atomic mass is 16.1. The molecule has 2 aromatic rings. The Kier molecular flexibility index (Phi) is 5.63. The molecule has 122 valence electrons. The van der Waals surface area contributed by atoms with E-state index in [-0.39, 0.29) is 5.91 Å². The van der Waals surface area contributed by atoms with Crippen LogP contribution in [0, 0.1) is 13.8 Å². The molecule has 0 bridgehead atoms. The van der Waals surface area contributed by atoms with Crippen molar-refractivity contribution in [3.63, 3.8) is 0 Å². The van der Waals surface area contributed by atoms with Gasteiger partial charge in [-0.2, -0.15) is 0 Å². The summed E-state index contributed by atoms with van der Waals surface area (Å²) in [6.07, 6.45) is 0. The molecule has 4 heteroatoms. The van der Waals surface area contributed by atoms with Crippen LogP contribution in [0.1, 0.15) is 28.4 Å². The molecule has 2 rings (SSSR count). The fourth-order valence-corrected chi connectivity index (χ4v) is 2.58. The number of hydrogen-bond acceptors (Lipinski definition) is 3. The monoisotopic (exact) mass is 311 g/mol. The van der Waals surface area contributed by atoms with Crippen LogP contribution in [-0.2, 0) is 0 Å². The molecular formula is C19H25N3O. The highest BCUT2D eigenvalue weighted by molar-refractivity contribution is 5.96. The number of aryl methyl sites for hydroxylation is 2. The van der Waals surface area contributed by atoms with Crippen molar-refractivity contribution in [1.82, 2.24) is 5.32 Å². The Balaban J connectivity index is 1.95. The summed E-state index contributed by atoms with van der Waals surface area (Å²) in [6.45, 7) is 8.38. The van der Waals surface area contributed by atoms with Gasteiger partial charge in [0.15, 0.2) is 0 Å². The van der Waals surface area contributed by atoms with Gasteiger partial charge < -0.3 is 16.0 Å². The van der Waals surface area contributed by atoms with E-state index in [4.69, 9.17) is 5.73 Å². The van der Waals surface area contributed by atoms with Crippen LogP contribution < -0.4 is 16.0 Å². The van der Waals surface area contributed by atoms with Gasteiger partial charge in [-0.3, -0.25) is 4.79 Å². The number of anilines is 2. The predicted molar refractivity (Wildman–Crippen MR) is 97.0 cm³/mol. The maximum atomic E-state index is 12.3. The van der Waals surface area contributed by atoms with Crippen molar-refractivity contribution in [1.29, 1.82) is 0 Å². The second-order valence-electron chi connectivity index (χ2n) is 5.75. The van der Waals surface area contributed by atoms with Crippen molar-refractivity contribution >= 4 is 17.3 Å². The number of carbonyl (C=O) groups excluding carboxylic acids is 1. The molecule has 0 aliphatic heterocycles. The first kappa shape index (κ1) is 16.9. The van der Waals surface area contributed by atoms with Crippen LogP contribution in [0.3, 0.4) is 0 Å². The number of nitrogens with one attached hydrogen (secondary N) is 1. The van der Waals surface area contributed by atoms with Gasteiger partial charge in [0, 0.05) is 36.6 Å². The molecule has 0 atom stereocenters. The molecule has 0 radical (unpaired) electrons. The largest absolute Gasteiger partial charge is 0.399 e. The van der Waals surface area contributed by atoms with Gasteiger partial charge in [-0.1, -0.05) is 18.2 Å². The van der Waals surface area contributed by atoms with Crippen molar-refractivity contribution < 1.29 is 4.79 Å². The first-order chi connectivity index (χ1) is 11.0. The summed E-state index contributed by atoms with van der Waals surface area (Å²) in [5.41, 5.74) is 10.4. The molecule has 4 nitrogen and oxygen atoms in total. The van der Waals surface area contributed by atoms with E-state index in [1.165, 1.54) is 11.3 Å². The van der Waals surface area contributed by atoms with Gasteiger partial charge in [-0.05, 0) is 56.2 Å². The molecule has 0 spiro atoms. The summed E-state index contributed by atoms with van der Waals surface area (Å²) in [5, 5.41) is 2.98. The number of hydrogen-bond donors (Lipinski definition) is 2. The fourth-order valence-electron chi connectivity index (χ4n) is 2.58. The lowest BCUT2D eigenvalue weighted by atomic mass is 10.1. The van der Waals surface area contributed by atoms with Crippen LogP contribution in [0.5, 0.6) is 0 Å². The van der Waals surface area contributed by atoms with E-state index in [2.05, 4.69) is 48.3 Å². The number of benzene rings is 2. The van der Waals surface area contributed by atoms with E-state index in [0.717, 1.165) is 18.7 Å². The molecule has 0 aliphatic rings. The maximum absolute atomic E-state index is 12.3.